The van der Waals surface area contributed by atoms with Crippen LogP contribution in [0, 0.1) is 40.4 Å². The smallest absolute Gasteiger partial charge is 0.454 e. The number of hydrogen-bond donors (Lipinski definition) is 2. The van der Waals surface area contributed by atoms with Crippen LogP contribution in [-0.4, -0.2) is 52.4 Å². The molecule has 7 nitrogen and oxygen atoms in total. The molecule has 0 aromatic rings. The summed E-state index contributed by atoms with van der Waals surface area (Å²) < 4.78 is 17.4. The molecule has 30 heavy (non-hydrogen) atoms. The van der Waals surface area contributed by atoms with Crippen molar-refractivity contribution in [2.75, 3.05) is 0 Å². The van der Waals surface area contributed by atoms with Crippen LogP contribution in [0.25, 0.3) is 0 Å². The highest BCUT2D eigenvalue weighted by Gasteiger charge is 2.82. The van der Waals surface area contributed by atoms with Gasteiger partial charge in [-0.3, -0.25) is 4.79 Å². The zero-order valence-corrected chi connectivity index (χ0v) is 18.4. The summed E-state index contributed by atoms with van der Waals surface area (Å²) in [5.41, 5.74) is -1.63. The molecular weight excluding hydrogens is 388 g/mol. The van der Waals surface area contributed by atoms with Crippen molar-refractivity contribution in [2.24, 2.45) is 40.4 Å². The molecule has 0 aromatic heterocycles. The van der Waals surface area contributed by atoms with E-state index in [9.17, 15) is 19.8 Å². The van der Waals surface area contributed by atoms with Gasteiger partial charge in [-0.25, -0.2) is 4.79 Å². The molecular formula is C23H32O7. The molecule has 11 atom stereocenters. The topological polar surface area (TPSA) is 102 Å². The van der Waals surface area contributed by atoms with Crippen molar-refractivity contribution < 1.29 is 34.0 Å². The molecule has 3 saturated carbocycles. The second-order valence-corrected chi connectivity index (χ2v) is 11.0. The first-order valence-corrected chi connectivity index (χ1v) is 11.0. The Bertz CT molecular complexity index is 848. The lowest BCUT2D eigenvalue weighted by Gasteiger charge is -2.50. The summed E-state index contributed by atoms with van der Waals surface area (Å²) in [6, 6.07) is 0. The normalized spacial score (nSPS) is 55.0. The van der Waals surface area contributed by atoms with Gasteiger partial charge in [-0.05, 0) is 42.1 Å². The third kappa shape index (κ3) is 2.04. The fraction of sp³-hybridized carbons (Fsp3) is 0.826. The van der Waals surface area contributed by atoms with Crippen LogP contribution in [0.1, 0.15) is 48.0 Å². The maximum absolute atomic E-state index is 12.5. The minimum absolute atomic E-state index is 0.0268. The number of rotatable bonds is 1. The van der Waals surface area contributed by atoms with Crippen molar-refractivity contribution in [1.29, 1.82) is 0 Å². The fourth-order valence-corrected chi connectivity index (χ4v) is 8.08. The molecule has 7 heteroatoms. The van der Waals surface area contributed by atoms with Gasteiger partial charge in [-0.1, -0.05) is 33.8 Å². The summed E-state index contributed by atoms with van der Waals surface area (Å²) >= 11 is 0. The van der Waals surface area contributed by atoms with Crippen molar-refractivity contribution in [1.82, 2.24) is 0 Å². The highest BCUT2D eigenvalue weighted by Crippen LogP contribution is 2.74. The number of ether oxygens (including phenoxy) is 3. The molecule has 4 fully saturated rings. The molecule has 11 unspecified atom stereocenters. The van der Waals surface area contributed by atoms with Gasteiger partial charge in [0.1, 0.15) is 0 Å². The molecule has 5 rings (SSSR count). The van der Waals surface area contributed by atoms with Crippen molar-refractivity contribution in [2.45, 2.75) is 78.0 Å². The van der Waals surface area contributed by atoms with Gasteiger partial charge < -0.3 is 24.4 Å². The maximum atomic E-state index is 12.5. The molecule has 1 saturated heterocycles. The first-order valence-electron chi connectivity index (χ1n) is 11.0. The van der Waals surface area contributed by atoms with Crippen molar-refractivity contribution in [3.63, 3.8) is 0 Å². The Hall–Kier alpha value is -1.60. The summed E-state index contributed by atoms with van der Waals surface area (Å²) in [6.45, 7) is 11.5. The standard InChI is InChI=1S/C23H32O7/c1-9-8-22-10(2)7-13-15(21(13,5)6)14(17(22)26)16(25)11(3)19-23(22,30-20(27)29-19)18(9)28-12(4)24/h8,10-11,13-19,25-26H,7H2,1-6H3. The predicted octanol–water partition coefficient (Wildman–Crippen LogP) is 2.44. The quantitative estimate of drug-likeness (QED) is 0.496. The van der Waals surface area contributed by atoms with Crippen LogP contribution in [0.3, 0.4) is 0 Å². The second kappa shape index (κ2) is 5.80. The molecule has 2 spiro atoms. The largest absolute Gasteiger partial charge is 0.509 e. The van der Waals surface area contributed by atoms with E-state index in [0.717, 1.165) is 12.0 Å². The maximum Gasteiger partial charge on any atom is 0.509 e. The molecule has 0 radical (unpaired) electrons. The minimum Gasteiger partial charge on any atom is -0.454 e. The molecule has 1 aliphatic heterocycles. The predicted molar refractivity (Wildman–Crippen MR) is 105 cm³/mol. The average Bonchev–Trinajstić information content (AvgIpc) is 2.94. The Balaban J connectivity index is 1.78. The van der Waals surface area contributed by atoms with Gasteiger partial charge in [-0.15, -0.1) is 0 Å². The van der Waals surface area contributed by atoms with Gasteiger partial charge >= 0.3 is 12.1 Å². The highest BCUT2D eigenvalue weighted by molar-refractivity contribution is 5.69. The Kier molecular flexibility index (Phi) is 3.92. The lowest BCUT2D eigenvalue weighted by Crippen LogP contribution is -2.66. The summed E-state index contributed by atoms with van der Waals surface area (Å²) in [5, 5.41) is 23.5. The average molecular weight is 421 g/mol. The molecule has 1 heterocycles. The van der Waals surface area contributed by atoms with E-state index >= 15 is 0 Å². The molecule has 2 bridgehead atoms. The van der Waals surface area contributed by atoms with Crippen LogP contribution >= 0.6 is 0 Å². The van der Waals surface area contributed by atoms with E-state index in [0.29, 0.717) is 5.92 Å². The zero-order valence-electron chi connectivity index (χ0n) is 18.4. The third-order valence-electron chi connectivity index (χ3n) is 9.37. The number of fused-ring (bicyclic) bond motifs is 3. The van der Waals surface area contributed by atoms with E-state index in [1.165, 1.54) is 6.92 Å². The highest BCUT2D eigenvalue weighted by atomic mass is 16.8. The Morgan fingerprint density at radius 1 is 1.27 bits per heavy atom. The Morgan fingerprint density at radius 3 is 2.57 bits per heavy atom. The lowest BCUT2D eigenvalue weighted by molar-refractivity contribution is -0.195. The van der Waals surface area contributed by atoms with Crippen molar-refractivity contribution in [3.8, 4) is 0 Å². The molecule has 0 aromatic carbocycles. The van der Waals surface area contributed by atoms with Crippen LogP contribution in [0.5, 0.6) is 0 Å². The second-order valence-electron chi connectivity index (χ2n) is 11.0. The molecule has 4 aliphatic carbocycles. The zero-order chi connectivity index (χ0) is 22.0. The summed E-state index contributed by atoms with van der Waals surface area (Å²) in [6.07, 6.45) is -1.58. The van der Waals surface area contributed by atoms with Crippen LogP contribution in [-0.2, 0) is 19.0 Å². The van der Waals surface area contributed by atoms with Crippen molar-refractivity contribution in [3.05, 3.63) is 11.6 Å². The van der Waals surface area contributed by atoms with Crippen LogP contribution < -0.4 is 0 Å². The van der Waals surface area contributed by atoms with Gasteiger partial charge in [0.15, 0.2) is 12.2 Å². The van der Waals surface area contributed by atoms with E-state index in [-0.39, 0.29) is 23.2 Å². The molecule has 0 amide bonds. The fourth-order valence-electron chi connectivity index (χ4n) is 8.08. The minimum atomic E-state index is -1.39. The summed E-state index contributed by atoms with van der Waals surface area (Å²) in [4.78, 5) is 24.5. The van der Waals surface area contributed by atoms with Gasteiger partial charge in [0, 0.05) is 18.8 Å². The third-order valence-corrected chi connectivity index (χ3v) is 9.37. The number of carbonyl (C=O) groups is 2. The van der Waals surface area contributed by atoms with Gasteiger partial charge in [-0.2, -0.15) is 0 Å². The van der Waals surface area contributed by atoms with E-state index in [1.54, 1.807) is 0 Å². The van der Waals surface area contributed by atoms with E-state index in [4.69, 9.17) is 14.2 Å². The number of aliphatic hydroxyl groups is 2. The summed E-state index contributed by atoms with van der Waals surface area (Å²) in [5.74, 6) is -0.903. The number of hydrogen-bond acceptors (Lipinski definition) is 7. The van der Waals surface area contributed by atoms with Gasteiger partial charge in [0.25, 0.3) is 0 Å². The van der Waals surface area contributed by atoms with E-state index in [1.807, 2.05) is 19.9 Å². The number of esters is 1. The molecule has 2 N–H and O–H groups in total. The van der Waals surface area contributed by atoms with Crippen LogP contribution in [0.2, 0.25) is 0 Å². The molecule has 5 aliphatic rings. The SMILES string of the molecule is CC(=O)OC1C(C)=CC23C(C)CC4C(C(C(O)C(C)C5OC(=O)OC152)C3O)C4(C)C. The van der Waals surface area contributed by atoms with Gasteiger partial charge in [0.05, 0.1) is 17.6 Å². The Morgan fingerprint density at radius 2 is 1.93 bits per heavy atom. The number of aliphatic hydroxyl groups excluding tert-OH is 2. The first-order chi connectivity index (χ1) is 13.9. The van der Waals surface area contributed by atoms with Crippen molar-refractivity contribution >= 4 is 12.1 Å². The summed E-state index contributed by atoms with van der Waals surface area (Å²) in [7, 11) is 0. The Labute approximate surface area is 176 Å². The first kappa shape index (κ1) is 20.3. The van der Waals surface area contributed by atoms with Crippen LogP contribution in [0.4, 0.5) is 4.79 Å². The monoisotopic (exact) mass is 420 g/mol. The van der Waals surface area contributed by atoms with E-state index in [2.05, 4.69) is 20.8 Å². The lowest BCUT2D eigenvalue weighted by atomic mass is 9.58. The number of carbonyl (C=O) groups excluding carboxylic acids is 2. The van der Waals surface area contributed by atoms with Gasteiger partial charge in [0.2, 0.25) is 5.60 Å². The molecule has 166 valence electrons. The van der Waals surface area contributed by atoms with E-state index < -0.39 is 53.5 Å². The van der Waals surface area contributed by atoms with Crippen LogP contribution in [0.15, 0.2) is 11.6 Å².